The fraction of sp³-hybridized carbons (Fsp3) is 0.533. The van der Waals surface area contributed by atoms with E-state index >= 15 is 0 Å². The van der Waals surface area contributed by atoms with Gasteiger partial charge in [0.05, 0.1) is 19.8 Å². The number of nitrogens with zero attached hydrogens (tertiary/aromatic N) is 1. The summed E-state index contributed by atoms with van der Waals surface area (Å²) in [6, 6.07) is 7.81. The molecule has 0 aromatic heterocycles. The molecule has 1 heterocycles. The molecule has 2 rings (SSSR count). The van der Waals surface area contributed by atoms with Crippen molar-refractivity contribution < 1.29 is 14.6 Å². The lowest BCUT2D eigenvalue weighted by Gasteiger charge is -2.14. The maximum absolute atomic E-state index is 11.8. The first-order chi connectivity index (χ1) is 9.69. The Balaban J connectivity index is 1.71. The van der Waals surface area contributed by atoms with E-state index in [9.17, 15) is 9.90 Å². The summed E-state index contributed by atoms with van der Waals surface area (Å²) in [6.45, 7) is 2.35. The molecule has 110 valence electrons. The Bertz CT molecular complexity index is 450. The van der Waals surface area contributed by atoms with Gasteiger partial charge in [-0.1, -0.05) is 18.2 Å². The second kappa shape index (κ2) is 7.26. The average Bonchev–Trinajstić information content (AvgIpc) is 2.84. The molecule has 0 spiro atoms. The van der Waals surface area contributed by atoms with Gasteiger partial charge in [-0.2, -0.15) is 0 Å². The number of amides is 1. The maximum atomic E-state index is 11.8. The molecule has 0 aliphatic carbocycles. The highest BCUT2D eigenvalue weighted by Crippen LogP contribution is 2.17. The predicted octanol–water partition coefficient (Wildman–Crippen LogP) is 0.420. The van der Waals surface area contributed by atoms with Gasteiger partial charge in [-0.05, 0) is 24.5 Å². The smallest absolute Gasteiger partial charge is 0.234 e. The molecule has 1 aliphatic rings. The lowest BCUT2D eigenvalue weighted by molar-refractivity contribution is -0.122. The number of aliphatic hydroxyl groups excluding tert-OH is 1. The van der Waals surface area contributed by atoms with Crippen LogP contribution in [-0.2, 0) is 11.2 Å². The zero-order valence-electron chi connectivity index (χ0n) is 11.8. The van der Waals surface area contributed by atoms with Gasteiger partial charge in [-0.25, -0.2) is 0 Å². The molecule has 1 aliphatic heterocycles. The normalized spacial score (nSPS) is 19.0. The quantitative estimate of drug-likeness (QED) is 0.792. The predicted molar refractivity (Wildman–Crippen MR) is 76.8 cm³/mol. The minimum atomic E-state index is -0.281. The van der Waals surface area contributed by atoms with Crippen LogP contribution in [0.4, 0.5) is 0 Å². The molecule has 0 radical (unpaired) electrons. The van der Waals surface area contributed by atoms with E-state index in [1.807, 2.05) is 29.2 Å². The molecular weight excluding hydrogens is 256 g/mol. The number of β-amino-alcohol motifs (C(OH)–C–C–N with tert-alkyl or cyclic N) is 1. The number of ether oxygens (including phenoxy) is 1. The summed E-state index contributed by atoms with van der Waals surface area (Å²) in [5.41, 5.74) is 1.09. The Morgan fingerprint density at radius 1 is 1.50 bits per heavy atom. The van der Waals surface area contributed by atoms with Gasteiger partial charge in [0.25, 0.3) is 0 Å². The van der Waals surface area contributed by atoms with E-state index in [1.165, 1.54) is 0 Å². The third-order valence-corrected chi connectivity index (χ3v) is 3.52. The first-order valence-corrected chi connectivity index (χ1v) is 6.98. The standard InChI is InChI=1S/C15H22N2O3/c1-20-14-5-3-2-4-12(14)6-8-16-15(19)11-17-9-7-13(18)10-17/h2-5,13,18H,6-11H2,1H3,(H,16,19)/t13-/m0/s1. The van der Waals surface area contributed by atoms with Crippen LogP contribution in [0, 0.1) is 0 Å². The summed E-state index contributed by atoms with van der Waals surface area (Å²) < 4.78 is 5.27. The lowest BCUT2D eigenvalue weighted by atomic mass is 10.1. The van der Waals surface area contributed by atoms with Crippen LogP contribution in [-0.4, -0.2) is 55.3 Å². The van der Waals surface area contributed by atoms with E-state index in [-0.39, 0.29) is 12.0 Å². The van der Waals surface area contributed by atoms with E-state index in [4.69, 9.17) is 4.74 Å². The summed E-state index contributed by atoms with van der Waals surface area (Å²) >= 11 is 0. The number of aliphatic hydroxyl groups is 1. The molecule has 2 N–H and O–H groups in total. The number of carbonyl (C=O) groups excluding carboxylic acids is 1. The van der Waals surface area contributed by atoms with Crippen molar-refractivity contribution >= 4 is 5.91 Å². The Morgan fingerprint density at radius 3 is 3.00 bits per heavy atom. The number of hydrogen-bond donors (Lipinski definition) is 2. The van der Waals surface area contributed by atoms with E-state index in [2.05, 4.69) is 5.32 Å². The summed E-state index contributed by atoms with van der Waals surface area (Å²) in [7, 11) is 1.65. The third-order valence-electron chi connectivity index (χ3n) is 3.52. The molecule has 5 nitrogen and oxygen atoms in total. The fourth-order valence-electron chi connectivity index (χ4n) is 2.46. The Labute approximate surface area is 119 Å². The first kappa shape index (κ1) is 14.8. The maximum Gasteiger partial charge on any atom is 0.234 e. The number of hydrogen-bond acceptors (Lipinski definition) is 4. The molecule has 1 saturated heterocycles. The van der Waals surface area contributed by atoms with E-state index in [0.29, 0.717) is 19.6 Å². The number of benzene rings is 1. The van der Waals surface area contributed by atoms with Gasteiger partial charge in [-0.3, -0.25) is 9.69 Å². The number of para-hydroxylation sites is 1. The third kappa shape index (κ3) is 4.21. The Kier molecular flexibility index (Phi) is 5.38. The molecule has 0 bridgehead atoms. The molecule has 0 saturated carbocycles. The SMILES string of the molecule is COc1ccccc1CCNC(=O)CN1CC[C@H](O)C1. The van der Waals surface area contributed by atoms with Gasteiger partial charge >= 0.3 is 0 Å². The minimum absolute atomic E-state index is 0.00833. The number of rotatable bonds is 6. The van der Waals surface area contributed by atoms with Crippen molar-refractivity contribution in [1.82, 2.24) is 10.2 Å². The summed E-state index contributed by atoms with van der Waals surface area (Å²) in [5, 5.41) is 12.3. The van der Waals surface area contributed by atoms with Crippen molar-refractivity contribution in [3.63, 3.8) is 0 Å². The second-order valence-electron chi connectivity index (χ2n) is 5.09. The van der Waals surface area contributed by atoms with Crippen LogP contribution >= 0.6 is 0 Å². The van der Waals surface area contributed by atoms with Crippen LogP contribution in [0.25, 0.3) is 0 Å². The highest BCUT2D eigenvalue weighted by molar-refractivity contribution is 5.78. The topological polar surface area (TPSA) is 61.8 Å². The van der Waals surface area contributed by atoms with Gasteiger partial charge in [-0.15, -0.1) is 0 Å². The summed E-state index contributed by atoms with van der Waals surface area (Å²) in [5.74, 6) is 0.860. The van der Waals surface area contributed by atoms with Gasteiger partial charge < -0.3 is 15.2 Å². The van der Waals surface area contributed by atoms with Crippen LogP contribution in [0.2, 0.25) is 0 Å². The van der Waals surface area contributed by atoms with Crippen molar-refractivity contribution in [1.29, 1.82) is 0 Å². The van der Waals surface area contributed by atoms with Gasteiger partial charge in [0.2, 0.25) is 5.91 Å². The van der Waals surface area contributed by atoms with Crippen LogP contribution in [0.1, 0.15) is 12.0 Å². The molecule has 5 heteroatoms. The largest absolute Gasteiger partial charge is 0.496 e. The van der Waals surface area contributed by atoms with E-state index in [0.717, 1.165) is 30.7 Å². The van der Waals surface area contributed by atoms with Crippen LogP contribution in [0.15, 0.2) is 24.3 Å². The molecule has 0 unspecified atom stereocenters. The number of carbonyl (C=O) groups is 1. The van der Waals surface area contributed by atoms with Gasteiger partial charge in [0.15, 0.2) is 0 Å². The molecule has 1 atom stereocenters. The molecule has 1 amide bonds. The van der Waals surface area contributed by atoms with Gasteiger partial charge in [0, 0.05) is 19.6 Å². The Hall–Kier alpha value is -1.59. The average molecular weight is 278 g/mol. The second-order valence-corrected chi connectivity index (χ2v) is 5.09. The molecule has 1 fully saturated rings. The molecule has 1 aromatic carbocycles. The van der Waals surface area contributed by atoms with Crippen LogP contribution < -0.4 is 10.1 Å². The molecular formula is C15H22N2O3. The molecule has 20 heavy (non-hydrogen) atoms. The zero-order valence-corrected chi connectivity index (χ0v) is 11.8. The van der Waals surface area contributed by atoms with Crippen molar-refractivity contribution in [3.05, 3.63) is 29.8 Å². The summed E-state index contributed by atoms with van der Waals surface area (Å²) in [6.07, 6.45) is 1.23. The number of likely N-dealkylation sites (tertiary alicyclic amines) is 1. The highest BCUT2D eigenvalue weighted by Gasteiger charge is 2.21. The zero-order chi connectivity index (χ0) is 14.4. The van der Waals surface area contributed by atoms with E-state index in [1.54, 1.807) is 7.11 Å². The lowest BCUT2D eigenvalue weighted by Crippen LogP contribution is -2.37. The molecule has 1 aromatic rings. The highest BCUT2D eigenvalue weighted by atomic mass is 16.5. The van der Waals surface area contributed by atoms with Crippen molar-refractivity contribution in [2.24, 2.45) is 0 Å². The van der Waals surface area contributed by atoms with Crippen LogP contribution in [0.5, 0.6) is 5.75 Å². The number of methoxy groups -OCH3 is 1. The van der Waals surface area contributed by atoms with E-state index < -0.39 is 0 Å². The Morgan fingerprint density at radius 2 is 2.30 bits per heavy atom. The number of nitrogens with one attached hydrogen (secondary N) is 1. The van der Waals surface area contributed by atoms with Crippen LogP contribution in [0.3, 0.4) is 0 Å². The fourth-order valence-corrected chi connectivity index (χ4v) is 2.46. The van der Waals surface area contributed by atoms with Gasteiger partial charge in [0.1, 0.15) is 5.75 Å². The first-order valence-electron chi connectivity index (χ1n) is 6.98. The summed E-state index contributed by atoms with van der Waals surface area (Å²) in [4.78, 5) is 13.8. The monoisotopic (exact) mass is 278 g/mol. The van der Waals surface area contributed by atoms with Crippen molar-refractivity contribution in [2.45, 2.75) is 18.9 Å². The minimum Gasteiger partial charge on any atom is -0.496 e. The van der Waals surface area contributed by atoms with Crippen molar-refractivity contribution in [2.75, 3.05) is 33.3 Å². The van der Waals surface area contributed by atoms with Crippen molar-refractivity contribution in [3.8, 4) is 5.75 Å².